The van der Waals surface area contributed by atoms with Gasteiger partial charge in [-0.25, -0.2) is 0 Å². The minimum absolute atomic E-state index is 0.00534. The molecule has 6 nitrogen and oxygen atoms in total. The molecular weight excluding hydrogens is 334 g/mol. The molecule has 1 amide bonds. The number of ether oxygens (including phenoxy) is 2. The van der Waals surface area contributed by atoms with Crippen LogP contribution >= 0.6 is 0 Å². The van der Waals surface area contributed by atoms with Crippen molar-refractivity contribution in [2.75, 3.05) is 27.3 Å². The lowest BCUT2D eigenvalue weighted by Gasteiger charge is -2.33. The molecule has 0 spiro atoms. The summed E-state index contributed by atoms with van der Waals surface area (Å²) in [5, 5.41) is 8.87. The number of carbonyl (C=O) groups excluding carboxylic acids is 1. The van der Waals surface area contributed by atoms with Crippen LogP contribution in [0.3, 0.4) is 0 Å². The second-order valence-electron chi connectivity index (χ2n) is 7.28. The average molecular weight is 361 g/mol. The monoisotopic (exact) mass is 361 g/mol. The van der Waals surface area contributed by atoms with Crippen LogP contribution in [-0.4, -0.2) is 49.2 Å². The molecule has 0 aromatic heterocycles. The second kappa shape index (κ2) is 7.98. The predicted molar refractivity (Wildman–Crippen MR) is 96.6 cm³/mol. The van der Waals surface area contributed by atoms with Gasteiger partial charge in [-0.05, 0) is 49.8 Å². The number of hydrogen-bond donors (Lipinski definition) is 1. The molecule has 3 unspecified atom stereocenters. The molecule has 3 atom stereocenters. The molecule has 26 heavy (non-hydrogen) atoms. The van der Waals surface area contributed by atoms with Gasteiger partial charge in [-0.3, -0.25) is 9.59 Å². The first kappa shape index (κ1) is 18.5. The van der Waals surface area contributed by atoms with Gasteiger partial charge in [0.05, 0.1) is 14.2 Å². The highest BCUT2D eigenvalue weighted by molar-refractivity contribution is 5.83. The lowest BCUT2D eigenvalue weighted by atomic mass is 9.93. The molecule has 1 aliphatic carbocycles. The fourth-order valence-corrected chi connectivity index (χ4v) is 4.00. The average Bonchev–Trinajstić information content (AvgIpc) is 3.46. The summed E-state index contributed by atoms with van der Waals surface area (Å²) in [4.78, 5) is 25.6. The van der Waals surface area contributed by atoms with Crippen LogP contribution in [0, 0.1) is 11.8 Å². The highest BCUT2D eigenvalue weighted by Gasteiger charge is 2.47. The van der Waals surface area contributed by atoms with Crippen molar-refractivity contribution < 1.29 is 24.2 Å². The molecular formula is C20H27NO5. The van der Waals surface area contributed by atoms with E-state index in [1.54, 1.807) is 14.2 Å². The summed E-state index contributed by atoms with van der Waals surface area (Å²) in [5.41, 5.74) is 1.03. The third-order valence-corrected chi connectivity index (χ3v) is 5.54. The number of rotatable bonds is 7. The summed E-state index contributed by atoms with van der Waals surface area (Å²) < 4.78 is 10.8. The first-order valence-electron chi connectivity index (χ1n) is 9.26. The second-order valence-corrected chi connectivity index (χ2v) is 7.28. The van der Waals surface area contributed by atoms with E-state index in [4.69, 9.17) is 14.6 Å². The number of amides is 1. The molecule has 3 rings (SSSR count). The summed E-state index contributed by atoms with van der Waals surface area (Å²) in [6.07, 6.45) is 3.63. The summed E-state index contributed by atoms with van der Waals surface area (Å²) in [6, 6.07) is 5.71. The van der Waals surface area contributed by atoms with Crippen molar-refractivity contribution in [2.45, 2.75) is 38.0 Å². The maximum atomic E-state index is 12.9. The molecule has 2 fully saturated rings. The quantitative estimate of drug-likeness (QED) is 0.808. The molecule has 6 heteroatoms. The van der Waals surface area contributed by atoms with Gasteiger partial charge in [0, 0.05) is 36.9 Å². The maximum absolute atomic E-state index is 12.9. The number of aliphatic carboxylic acids is 1. The van der Waals surface area contributed by atoms with Gasteiger partial charge in [-0.1, -0.05) is 0 Å². The molecule has 1 aliphatic heterocycles. The van der Waals surface area contributed by atoms with Gasteiger partial charge in [-0.2, -0.15) is 0 Å². The summed E-state index contributed by atoms with van der Waals surface area (Å²) >= 11 is 0. The Morgan fingerprint density at radius 2 is 2.08 bits per heavy atom. The fraction of sp³-hybridized carbons (Fsp3) is 0.600. The number of carboxylic acids is 1. The number of piperidine rings is 1. The number of nitrogens with zero attached hydrogens (tertiary/aromatic N) is 1. The van der Waals surface area contributed by atoms with Crippen molar-refractivity contribution in [3.8, 4) is 11.5 Å². The zero-order chi connectivity index (χ0) is 18.7. The van der Waals surface area contributed by atoms with Crippen LogP contribution in [0.4, 0.5) is 0 Å². The summed E-state index contributed by atoms with van der Waals surface area (Å²) in [6.45, 7) is 1.46. The molecule has 1 aromatic carbocycles. The minimum atomic E-state index is -0.763. The highest BCUT2D eigenvalue weighted by atomic mass is 16.5. The van der Waals surface area contributed by atoms with Crippen LogP contribution in [0.5, 0.6) is 11.5 Å². The zero-order valence-corrected chi connectivity index (χ0v) is 15.4. The smallest absolute Gasteiger partial charge is 0.303 e. The first-order valence-corrected chi connectivity index (χ1v) is 9.26. The van der Waals surface area contributed by atoms with Crippen LogP contribution in [0.15, 0.2) is 18.2 Å². The third kappa shape index (κ3) is 4.11. The lowest BCUT2D eigenvalue weighted by Crippen LogP contribution is -2.41. The molecule has 1 saturated heterocycles. The van der Waals surface area contributed by atoms with E-state index in [9.17, 15) is 9.59 Å². The molecule has 2 aliphatic rings. The number of benzene rings is 1. The van der Waals surface area contributed by atoms with Gasteiger partial charge < -0.3 is 19.5 Å². The zero-order valence-electron chi connectivity index (χ0n) is 15.4. The Labute approximate surface area is 154 Å². The number of methoxy groups -OCH3 is 2. The van der Waals surface area contributed by atoms with E-state index in [1.807, 2.05) is 23.1 Å². The van der Waals surface area contributed by atoms with E-state index in [0.717, 1.165) is 42.9 Å². The van der Waals surface area contributed by atoms with Gasteiger partial charge >= 0.3 is 5.97 Å². The van der Waals surface area contributed by atoms with Crippen LogP contribution < -0.4 is 9.47 Å². The van der Waals surface area contributed by atoms with Gasteiger partial charge in [0.25, 0.3) is 0 Å². The standard InChI is InChI=1S/C20H27NO5/c1-25-14-6-7-18(26-2)16(10-14)15-11-17(15)20(24)21-9-3-4-13(12-21)5-8-19(22)23/h6-7,10,13,15,17H,3-5,8-9,11-12H2,1-2H3,(H,22,23). The van der Waals surface area contributed by atoms with E-state index in [-0.39, 0.29) is 24.2 Å². The topological polar surface area (TPSA) is 76.1 Å². The molecule has 1 aromatic rings. The van der Waals surface area contributed by atoms with Crippen LogP contribution in [-0.2, 0) is 9.59 Å². The van der Waals surface area contributed by atoms with Crippen molar-refractivity contribution in [1.29, 1.82) is 0 Å². The number of carbonyl (C=O) groups is 2. The number of carboxylic acid groups (broad SMARTS) is 1. The van der Waals surface area contributed by atoms with E-state index in [0.29, 0.717) is 18.9 Å². The van der Waals surface area contributed by atoms with Crippen LogP contribution in [0.2, 0.25) is 0 Å². The molecule has 0 radical (unpaired) electrons. The van der Waals surface area contributed by atoms with Crippen molar-refractivity contribution >= 4 is 11.9 Å². The third-order valence-electron chi connectivity index (χ3n) is 5.54. The van der Waals surface area contributed by atoms with E-state index in [2.05, 4.69) is 0 Å². The van der Waals surface area contributed by atoms with Gasteiger partial charge in [-0.15, -0.1) is 0 Å². The summed E-state index contributed by atoms with van der Waals surface area (Å²) in [7, 11) is 3.27. The maximum Gasteiger partial charge on any atom is 0.303 e. The van der Waals surface area contributed by atoms with Gasteiger partial charge in [0.2, 0.25) is 5.91 Å². The van der Waals surface area contributed by atoms with Gasteiger partial charge in [0.15, 0.2) is 0 Å². The van der Waals surface area contributed by atoms with Crippen LogP contribution in [0.1, 0.15) is 43.6 Å². The summed E-state index contributed by atoms with van der Waals surface area (Å²) in [5.74, 6) is 1.46. The Balaban J connectivity index is 1.63. The molecule has 1 saturated carbocycles. The Hall–Kier alpha value is -2.24. The van der Waals surface area contributed by atoms with E-state index < -0.39 is 5.97 Å². The first-order chi connectivity index (χ1) is 12.5. The largest absolute Gasteiger partial charge is 0.497 e. The number of likely N-dealkylation sites (tertiary alicyclic amines) is 1. The fourth-order valence-electron chi connectivity index (χ4n) is 4.00. The Bertz CT molecular complexity index is 674. The van der Waals surface area contributed by atoms with Crippen molar-refractivity contribution in [2.24, 2.45) is 11.8 Å². The normalized spacial score (nSPS) is 24.8. The highest BCUT2D eigenvalue weighted by Crippen LogP contribution is 2.52. The van der Waals surface area contributed by atoms with Crippen LogP contribution in [0.25, 0.3) is 0 Å². The van der Waals surface area contributed by atoms with Crippen molar-refractivity contribution in [1.82, 2.24) is 4.90 Å². The SMILES string of the molecule is COc1ccc(OC)c(C2CC2C(=O)N2CCCC(CCC(=O)O)C2)c1. The predicted octanol–water partition coefficient (Wildman–Crippen LogP) is 2.91. The Morgan fingerprint density at radius 3 is 2.77 bits per heavy atom. The lowest BCUT2D eigenvalue weighted by molar-refractivity contribution is -0.137. The molecule has 0 bridgehead atoms. The van der Waals surface area contributed by atoms with E-state index in [1.165, 1.54) is 0 Å². The molecule has 1 N–H and O–H groups in total. The Kier molecular flexibility index (Phi) is 5.69. The van der Waals surface area contributed by atoms with E-state index >= 15 is 0 Å². The Morgan fingerprint density at radius 1 is 1.27 bits per heavy atom. The van der Waals surface area contributed by atoms with Crippen molar-refractivity contribution in [3.63, 3.8) is 0 Å². The molecule has 142 valence electrons. The minimum Gasteiger partial charge on any atom is -0.497 e. The van der Waals surface area contributed by atoms with Crippen molar-refractivity contribution in [3.05, 3.63) is 23.8 Å². The van der Waals surface area contributed by atoms with Gasteiger partial charge in [0.1, 0.15) is 11.5 Å². The molecule has 1 heterocycles. The number of hydrogen-bond acceptors (Lipinski definition) is 4.